The number of piperidine rings is 1. The third-order valence-corrected chi connectivity index (χ3v) is 7.19. The second kappa shape index (κ2) is 10.6. The summed E-state index contributed by atoms with van der Waals surface area (Å²) in [4.78, 5) is 19.9. The fraction of sp³-hybridized carbons (Fsp3) is 0.448. The van der Waals surface area contributed by atoms with Crippen LogP contribution in [0.1, 0.15) is 43.5 Å². The Hall–Kier alpha value is -3.12. The van der Waals surface area contributed by atoms with Crippen molar-refractivity contribution in [2.24, 2.45) is 5.92 Å². The van der Waals surface area contributed by atoms with Gasteiger partial charge in [0.2, 0.25) is 0 Å². The number of nitrogens with zero attached hydrogens (tertiary/aromatic N) is 4. The van der Waals surface area contributed by atoms with Gasteiger partial charge in [-0.05, 0) is 61.1 Å². The van der Waals surface area contributed by atoms with Crippen molar-refractivity contribution in [2.45, 2.75) is 33.1 Å². The first-order valence-electron chi connectivity index (χ1n) is 13.1. The van der Waals surface area contributed by atoms with E-state index in [-0.39, 0.29) is 5.91 Å². The largest absolute Gasteiger partial charge is 0.372 e. The number of piperazine rings is 1. The highest BCUT2D eigenvalue weighted by molar-refractivity contribution is 5.94. The molecule has 2 fully saturated rings. The van der Waals surface area contributed by atoms with Gasteiger partial charge in [-0.15, -0.1) is 0 Å². The van der Waals surface area contributed by atoms with Crippen molar-refractivity contribution in [1.82, 2.24) is 20.0 Å². The van der Waals surface area contributed by atoms with Crippen LogP contribution in [-0.4, -0.2) is 71.7 Å². The van der Waals surface area contributed by atoms with Crippen LogP contribution in [0.15, 0.2) is 54.6 Å². The molecule has 1 amide bonds. The quantitative estimate of drug-likeness (QED) is 0.540. The molecule has 0 atom stereocenters. The molecule has 1 aromatic heterocycles. The van der Waals surface area contributed by atoms with Crippen LogP contribution in [-0.2, 0) is 0 Å². The van der Waals surface area contributed by atoms with Crippen molar-refractivity contribution in [3.05, 3.63) is 60.2 Å². The van der Waals surface area contributed by atoms with Crippen molar-refractivity contribution >= 4 is 11.6 Å². The molecule has 5 rings (SSSR count). The summed E-state index contributed by atoms with van der Waals surface area (Å²) in [5.74, 6) is 0.784. The molecular weight excluding hydrogens is 434 g/mol. The van der Waals surface area contributed by atoms with E-state index in [2.05, 4.69) is 64.2 Å². The monoisotopic (exact) mass is 471 g/mol. The Morgan fingerprint density at radius 3 is 2.17 bits per heavy atom. The number of benzene rings is 2. The minimum Gasteiger partial charge on any atom is -0.372 e. The maximum Gasteiger partial charge on any atom is 0.253 e. The molecule has 1 N–H and O–H groups in total. The molecule has 2 aliphatic heterocycles. The van der Waals surface area contributed by atoms with E-state index in [1.807, 2.05) is 29.2 Å². The minimum atomic E-state index is 0.125. The number of anilines is 1. The topological polar surface area (TPSA) is 55.5 Å². The predicted molar refractivity (Wildman–Crippen MR) is 143 cm³/mol. The minimum absolute atomic E-state index is 0.125. The second-order valence-corrected chi connectivity index (χ2v) is 10.3. The number of carbonyl (C=O) groups is 1. The van der Waals surface area contributed by atoms with Gasteiger partial charge in [-0.2, -0.15) is 5.10 Å². The highest BCUT2D eigenvalue weighted by Crippen LogP contribution is 2.27. The summed E-state index contributed by atoms with van der Waals surface area (Å²) in [5.41, 5.74) is 6.08. The predicted octanol–water partition coefficient (Wildman–Crippen LogP) is 5.15. The number of aromatic amines is 1. The molecular formula is C29H37N5O. The Morgan fingerprint density at radius 1 is 0.857 bits per heavy atom. The molecule has 0 unspecified atom stereocenters. The Kier molecular flexibility index (Phi) is 7.19. The molecule has 0 spiro atoms. The third-order valence-electron chi connectivity index (χ3n) is 7.19. The Labute approximate surface area is 208 Å². The Morgan fingerprint density at radius 2 is 1.51 bits per heavy atom. The van der Waals surface area contributed by atoms with E-state index in [0.717, 1.165) is 73.9 Å². The van der Waals surface area contributed by atoms with E-state index in [4.69, 9.17) is 0 Å². The zero-order valence-corrected chi connectivity index (χ0v) is 21.0. The number of amides is 1. The van der Waals surface area contributed by atoms with Gasteiger partial charge >= 0.3 is 0 Å². The number of H-pyrrole nitrogens is 1. The van der Waals surface area contributed by atoms with Gasteiger partial charge in [0, 0.05) is 62.6 Å². The van der Waals surface area contributed by atoms with E-state index in [0.29, 0.717) is 5.92 Å². The van der Waals surface area contributed by atoms with Gasteiger partial charge in [-0.1, -0.05) is 38.1 Å². The van der Waals surface area contributed by atoms with Crippen molar-refractivity contribution < 1.29 is 4.79 Å². The number of carbonyl (C=O) groups excluding carboxylic acids is 1. The molecule has 35 heavy (non-hydrogen) atoms. The molecule has 0 bridgehead atoms. The average molecular weight is 472 g/mol. The van der Waals surface area contributed by atoms with E-state index >= 15 is 0 Å². The number of aromatic nitrogens is 2. The molecule has 6 nitrogen and oxygen atoms in total. The van der Waals surface area contributed by atoms with Crippen LogP contribution in [0.2, 0.25) is 0 Å². The van der Waals surface area contributed by atoms with Gasteiger partial charge in [0.15, 0.2) is 0 Å². The van der Waals surface area contributed by atoms with Crippen LogP contribution in [0.5, 0.6) is 0 Å². The first-order chi connectivity index (χ1) is 17.1. The lowest BCUT2D eigenvalue weighted by atomic mass is 10.1. The standard InChI is InChI=1S/C29H37N5O/c1-22(2)21-32-16-18-34(19-17-32)29(35)25-8-6-23(7-9-25)27-20-28(31-30-27)24-10-12-26(13-11-24)33-14-4-3-5-15-33/h6-13,20,22H,3-5,14-19,21H2,1-2H3,(H,30,31). The maximum atomic E-state index is 13.0. The highest BCUT2D eigenvalue weighted by Gasteiger charge is 2.22. The summed E-state index contributed by atoms with van der Waals surface area (Å²) in [7, 11) is 0. The first kappa shape index (κ1) is 23.6. The molecule has 0 radical (unpaired) electrons. The molecule has 184 valence electrons. The molecule has 0 saturated carbocycles. The van der Waals surface area contributed by atoms with Gasteiger partial charge in [0.25, 0.3) is 5.91 Å². The number of rotatable bonds is 6. The van der Waals surface area contributed by atoms with Crippen molar-refractivity contribution in [2.75, 3.05) is 50.7 Å². The third kappa shape index (κ3) is 5.59. The van der Waals surface area contributed by atoms with Crippen molar-refractivity contribution in [1.29, 1.82) is 0 Å². The van der Waals surface area contributed by atoms with E-state index in [1.165, 1.54) is 24.9 Å². The van der Waals surface area contributed by atoms with Crippen LogP contribution < -0.4 is 4.90 Å². The van der Waals surface area contributed by atoms with Crippen LogP contribution in [0, 0.1) is 5.92 Å². The zero-order chi connectivity index (χ0) is 24.2. The Bertz CT molecular complexity index is 1100. The smallest absolute Gasteiger partial charge is 0.253 e. The van der Waals surface area contributed by atoms with Gasteiger partial charge < -0.3 is 9.80 Å². The van der Waals surface area contributed by atoms with E-state index in [1.54, 1.807) is 0 Å². The lowest BCUT2D eigenvalue weighted by Crippen LogP contribution is -2.49. The van der Waals surface area contributed by atoms with Crippen LogP contribution >= 0.6 is 0 Å². The Balaban J connectivity index is 1.21. The summed E-state index contributed by atoms with van der Waals surface area (Å²) >= 11 is 0. The maximum absolute atomic E-state index is 13.0. The zero-order valence-electron chi connectivity index (χ0n) is 21.0. The molecule has 6 heteroatoms. The molecule has 2 aliphatic rings. The fourth-order valence-corrected chi connectivity index (χ4v) is 5.24. The highest BCUT2D eigenvalue weighted by atomic mass is 16.2. The number of hydrogen-bond acceptors (Lipinski definition) is 4. The molecule has 0 aliphatic carbocycles. The van der Waals surface area contributed by atoms with Crippen LogP contribution in [0.25, 0.3) is 22.5 Å². The lowest BCUT2D eigenvalue weighted by molar-refractivity contribution is 0.0624. The fourth-order valence-electron chi connectivity index (χ4n) is 5.24. The number of nitrogens with one attached hydrogen (secondary N) is 1. The van der Waals surface area contributed by atoms with E-state index < -0.39 is 0 Å². The normalized spacial score (nSPS) is 17.2. The summed E-state index contributed by atoms with van der Waals surface area (Å²) < 4.78 is 0. The lowest BCUT2D eigenvalue weighted by Gasteiger charge is -2.35. The van der Waals surface area contributed by atoms with Crippen molar-refractivity contribution in [3.63, 3.8) is 0 Å². The van der Waals surface area contributed by atoms with E-state index in [9.17, 15) is 4.79 Å². The molecule has 3 aromatic rings. The summed E-state index contributed by atoms with van der Waals surface area (Å²) in [6.45, 7) is 11.4. The number of hydrogen-bond donors (Lipinski definition) is 1. The van der Waals surface area contributed by atoms with Crippen LogP contribution in [0.4, 0.5) is 5.69 Å². The SMILES string of the molecule is CC(C)CN1CCN(C(=O)c2ccc(-c3cc(-c4ccc(N5CCCCC5)cc4)n[nH]3)cc2)CC1. The molecule has 2 aromatic carbocycles. The van der Waals surface area contributed by atoms with Gasteiger partial charge in [-0.25, -0.2) is 0 Å². The summed E-state index contributed by atoms with van der Waals surface area (Å²) in [6, 6.07) is 18.7. The van der Waals surface area contributed by atoms with Gasteiger partial charge in [0.1, 0.15) is 0 Å². The summed E-state index contributed by atoms with van der Waals surface area (Å²) in [6.07, 6.45) is 3.91. The summed E-state index contributed by atoms with van der Waals surface area (Å²) in [5, 5.41) is 7.71. The van der Waals surface area contributed by atoms with Gasteiger partial charge in [0.05, 0.1) is 11.4 Å². The second-order valence-electron chi connectivity index (χ2n) is 10.3. The average Bonchev–Trinajstić information content (AvgIpc) is 3.40. The van der Waals surface area contributed by atoms with Crippen molar-refractivity contribution in [3.8, 4) is 22.5 Å². The van der Waals surface area contributed by atoms with Crippen LogP contribution in [0.3, 0.4) is 0 Å². The first-order valence-corrected chi connectivity index (χ1v) is 13.1. The molecule has 3 heterocycles. The van der Waals surface area contributed by atoms with Gasteiger partial charge in [-0.3, -0.25) is 14.8 Å². The molecule has 2 saturated heterocycles.